The number of carbonyl (C=O) groups is 1. The van der Waals surface area contributed by atoms with Gasteiger partial charge in [0.15, 0.2) is 0 Å². The van der Waals surface area contributed by atoms with Gasteiger partial charge < -0.3 is 9.84 Å². The predicted octanol–water partition coefficient (Wildman–Crippen LogP) is 9.00. The molecule has 0 heterocycles. The first-order valence-electron chi connectivity index (χ1n) is 16.0. The quantitative estimate of drug-likeness (QED) is 0.267. The lowest BCUT2D eigenvalue weighted by Gasteiger charge is -2.62. The maximum absolute atomic E-state index is 12.9. The van der Waals surface area contributed by atoms with Crippen molar-refractivity contribution in [1.82, 2.24) is 0 Å². The van der Waals surface area contributed by atoms with Crippen LogP contribution in [0.25, 0.3) is 0 Å². The topological polar surface area (TPSA) is 46.5 Å². The first-order chi connectivity index (χ1) is 18.4. The predicted molar refractivity (Wildman–Crippen MR) is 159 cm³/mol. The Labute approximate surface area is 238 Å². The van der Waals surface area contributed by atoms with Crippen molar-refractivity contribution in [2.24, 2.45) is 46.3 Å². The highest BCUT2D eigenvalue weighted by atomic mass is 16.6. The summed E-state index contributed by atoms with van der Waals surface area (Å²) >= 11 is 0. The minimum atomic E-state index is -0.519. The molecule has 1 aromatic rings. The van der Waals surface area contributed by atoms with Gasteiger partial charge in [0.1, 0.15) is 5.60 Å². The zero-order chi connectivity index (χ0) is 28.1. The molecule has 1 N–H and O–H groups in total. The Kier molecular flexibility index (Phi) is 7.90. The molecule has 0 aliphatic heterocycles. The number of hydrogen-bond donors (Lipinski definition) is 1. The summed E-state index contributed by atoms with van der Waals surface area (Å²) in [6.45, 7) is 15.8. The van der Waals surface area contributed by atoms with Gasteiger partial charge in [0.05, 0.1) is 11.2 Å². The molecule has 39 heavy (non-hydrogen) atoms. The number of benzene rings is 1. The second-order valence-electron chi connectivity index (χ2n) is 15.3. The van der Waals surface area contributed by atoms with E-state index in [1.807, 2.05) is 36.4 Å². The van der Waals surface area contributed by atoms with Crippen LogP contribution in [-0.2, 0) is 4.74 Å². The monoisotopic (exact) mass is 534 g/mol. The van der Waals surface area contributed by atoms with E-state index in [2.05, 4.69) is 41.2 Å². The Balaban J connectivity index is 1.24. The third-order valence-corrected chi connectivity index (χ3v) is 12.8. The van der Waals surface area contributed by atoms with Crippen LogP contribution in [0.2, 0.25) is 0 Å². The maximum Gasteiger partial charge on any atom is 0.338 e. The van der Waals surface area contributed by atoms with E-state index in [4.69, 9.17) is 4.74 Å². The average molecular weight is 535 g/mol. The van der Waals surface area contributed by atoms with Gasteiger partial charge in [0.2, 0.25) is 0 Å². The van der Waals surface area contributed by atoms with Gasteiger partial charge in [-0.25, -0.2) is 4.79 Å². The SMILES string of the molecule is C=CCC(C)(CC[C@@H](C)[C@H]1CC[C@H]2[C@@H]3CC[C@H]4C[C@@](C)(O)CC[C@]4(C)[C@H]3CC[C@]12C)OC(=O)c1ccccc1. The third-order valence-electron chi connectivity index (χ3n) is 12.8. The molecular weight excluding hydrogens is 480 g/mol. The molecule has 4 aliphatic rings. The maximum atomic E-state index is 12.9. The molecule has 4 saturated carbocycles. The molecule has 1 aromatic carbocycles. The minimum absolute atomic E-state index is 0.229. The summed E-state index contributed by atoms with van der Waals surface area (Å²) in [7, 11) is 0. The summed E-state index contributed by atoms with van der Waals surface area (Å²) in [5, 5.41) is 10.8. The molecule has 10 atom stereocenters. The number of esters is 1. The summed E-state index contributed by atoms with van der Waals surface area (Å²) < 4.78 is 6.13. The van der Waals surface area contributed by atoms with Crippen LogP contribution in [0, 0.1) is 46.3 Å². The molecule has 3 nitrogen and oxygen atoms in total. The van der Waals surface area contributed by atoms with Gasteiger partial charge in [-0.05, 0) is 143 Å². The van der Waals surface area contributed by atoms with Gasteiger partial charge in [-0.1, -0.05) is 45.0 Å². The van der Waals surface area contributed by atoms with E-state index in [0.717, 1.165) is 49.4 Å². The molecule has 4 aliphatic carbocycles. The Hall–Kier alpha value is -1.61. The lowest BCUT2D eigenvalue weighted by Crippen LogP contribution is -2.55. The molecule has 0 aromatic heterocycles. The number of fused-ring (bicyclic) bond motifs is 5. The lowest BCUT2D eigenvalue weighted by atomic mass is 9.43. The molecule has 0 saturated heterocycles. The van der Waals surface area contributed by atoms with Crippen molar-refractivity contribution >= 4 is 5.97 Å². The molecule has 0 spiro atoms. The standard InChI is InChI=1S/C36H54O3/c1-7-19-34(4,39-32(37)26-11-9-8-10-12-26)20-17-25(2)29-15-16-30-28-14-13-27-24-33(3,38)22-23-35(27,5)31(28)18-21-36(29,30)6/h7-12,25,27-31,38H,1,13-24H2,2-6H3/t25-,27+,28+,29-,30+,31+,33+,34?,35+,36-/m1/s1. The Morgan fingerprint density at radius 2 is 1.77 bits per heavy atom. The zero-order valence-electron chi connectivity index (χ0n) is 25.4. The van der Waals surface area contributed by atoms with Gasteiger partial charge in [-0.3, -0.25) is 0 Å². The smallest absolute Gasteiger partial charge is 0.338 e. The van der Waals surface area contributed by atoms with E-state index in [1.165, 1.54) is 44.9 Å². The number of carbonyl (C=O) groups excluding carboxylic acids is 1. The van der Waals surface area contributed by atoms with Crippen molar-refractivity contribution in [2.45, 2.75) is 123 Å². The van der Waals surface area contributed by atoms with E-state index in [0.29, 0.717) is 34.7 Å². The van der Waals surface area contributed by atoms with Crippen molar-refractivity contribution in [3.05, 3.63) is 48.6 Å². The molecule has 0 amide bonds. The zero-order valence-corrected chi connectivity index (χ0v) is 25.4. The first-order valence-corrected chi connectivity index (χ1v) is 16.0. The van der Waals surface area contributed by atoms with Crippen molar-refractivity contribution < 1.29 is 14.6 Å². The summed E-state index contributed by atoms with van der Waals surface area (Å²) in [4.78, 5) is 12.9. The second-order valence-corrected chi connectivity index (χ2v) is 15.3. The molecule has 216 valence electrons. The number of aliphatic hydroxyl groups is 1. The Bertz CT molecular complexity index is 1030. The fourth-order valence-corrected chi connectivity index (χ4v) is 10.5. The van der Waals surface area contributed by atoms with Crippen LogP contribution in [-0.4, -0.2) is 22.3 Å². The van der Waals surface area contributed by atoms with Crippen molar-refractivity contribution in [3.63, 3.8) is 0 Å². The van der Waals surface area contributed by atoms with E-state index in [1.54, 1.807) is 0 Å². The van der Waals surface area contributed by atoms with Crippen LogP contribution >= 0.6 is 0 Å². The average Bonchev–Trinajstić information content (AvgIpc) is 3.25. The summed E-state index contributed by atoms with van der Waals surface area (Å²) in [6.07, 6.45) is 15.9. The third kappa shape index (κ3) is 5.39. The minimum Gasteiger partial charge on any atom is -0.455 e. The van der Waals surface area contributed by atoms with Gasteiger partial charge >= 0.3 is 5.97 Å². The molecule has 3 heteroatoms. The highest BCUT2D eigenvalue weighted by molar-refractivity contribution is 5.89. The fourth-order valence-electron chi connectivity index (χ4n) is 10.5. The van der Waals surface area contributed by atoms with Gasteiger partial charge in [-0.2, -0.15) is 0 Å². The van der Waals surface area contributed by atoms with Gasteiger partial charge in [0.25, 0.3) is 0 Å². The van der Waals surface area contributed by atoms with E-state index in [-0.39, 0.29) is 5.97 Å². The van der Waals surface area contributed by atoms with Crippen LogP contribution < -0.4 is 0 Å². The molecule has 0 radical (unpaired) electrons. The normalized spacial score (nSPS) is 41.8. The molecule has 0 bridgehead atoms. The molecule has 5 rings (SSSR count). The summed E-state index contributed by atoms with van der Waals surface area (Å²) in [5.74, 6) is 4.39. The van der Waals surface area contributed by atoms with Crippen LogP contribution in [0.4, 0.5) is 0 Å². The molecular formula is C36H54O3. The number of hydrogen-bond acceptors (Lipinski definition) is 3. The van der Waals surface area contributed by atoms with Crippen molar-refractivity contribution in [3.8, 4) is 0 Å². The summed E-state index contributed by atoms with van der Waals surface area (Å²) in [6, 6.07) is 9.37. The fraction of sp³-hybridized carbons (Fsp3) is 0.750. The van der Waals surface area contributed by atoms with Crippen LogP contribution in [0.3, 0.4) is 0 Å². The lowest BCUT2D eigenvalue weighted by molar-refractivity contribution is -0.148. The van der Waals surface area contributed by atoms with Crippen LogP contribution in [0.1, 0.15) is 122 Å². The van der Waals surface area contributed by atoms with Crippen molar-refractivity contribution in [2.75, 3.05) is 0 Å². The second kappa shape index (κ2) is 10.7. The van der Waals surface area contributed by atoms with Gasteiger partial charge in [0, 0.05) is 6.42 Å². The number of ether oxygens (including phenoxy) is 1. The van der Waals surface area contributed by atoms with Gasteiger partial charge in [-0.15, -0.1) is 6.58 Å². The Morgan fingerprint density at radius 1 is 1.05 bits per heavy atom. The molecule has 4 fully saturated rings. The van der Waals surface area contributed by atoms with E-state index < -0.39 is 11.2 Å². The molecule has 1 unspecified atom stereocenters. The van der Waals surface area contributed by atoms with Crippen LogP contribution in [0.15, 0.2) is 43.0 Å². The first kappa shape index (κ1) is 28.9. The summed E-state index contributed by atoms with van der Waals surface area (Å²) in [5.41, 5.74) is 0.497. The van der Waals surface area contributed by atoms with Crippen LogP contribution in [0.5, 0.6) is 0 Å². The highest BCUT2D eigenvalue weighted by Gasteiger charge is 2.61. The van der Waals surface area contributed by atoms with Crippen molar-refractivity contribution in [1.29, 1.82) is 0 Å². The number of rotatable bonds is 8. The highest BCUT2D eigenvalue weighted by Crippen LogP contribution is 2.69. The van der Waals surface area contributed by atoms with E-state index >= 15 is 0 Å². The Morgan fingerprint density at radius 3 is 2.49 bits per heavy atom. The largest absolute Gasteiger partial charge is 0.455 e. The van der Waals surface area contributed by atoms with E-state index in [9.17, 15) is 9.90 Å².